The quantitative estimate of drug-likeness (QED) is 0.505. The van der Waals surface area contributed by atoms with Gasteiger partial charge < -0.3 is 4.74 Å². The summed E-state index contributed by atoms with van der Waals surface area (Å²) >= 11 is 0. The summed E-state index contributed by atoms with van der Waals surface area (Å²) in [5.41, 5.74) is 0. The Bertz CT molecular complexity index is 563. The number of benzene rings is 1. The molecule has 1 rings (SSSR count). The van der Waals surface area contributed by atoms with Crippen molar-refractivity contribution in [1.29, 1.82) is 0 Å². The van der Waals surface area contributed by atoms with E-state index in [0.29, 0.717) is 0 Å². The Balaban J connectivity index is 3.33. The largest absolute Gasteiger partial charge is 0.468 e. The Morgan fingerprint density at radius 3 is 2.11 bits per heavy atom. The van der Waals surface area contributed by atoms with Crippen LogP contribution in [0.25, 0.3) is 0 Å². The van der Waals surface area contributed by atoms with Crippen LogP contribution in [0.4, 0.5) is 0 Å². The van der Waals surface area contributed by atoms with Gasteiger partial charge in [0.1, 0.15) is 0 Å². The van der Waals surface area contributed by atoms with E-state index in [4.69, 9.17) is 0 Å². The Kier molecular flexibility index (Phi) is 5.13. The van der Waals surface area contributed by atoms with E-state index in [1.165, 1.54) is 24.3 Å². The molecule has 19 heavy (non-hydrogen) atoms. The van der Waals surface area contributed by atoms with E-state index < -0.39 is 37.1 Å². The van der Waals surface area contributed by atoms with Crippen LogP contribution in [0.3, 0.4) is 0 Å². The molecule has 0 saturated carbocycles. The highest BCUT2D eigenvalue weighted by Crippen LogP contribution is 2.26. The van der Waals surface area contributed by atoms with E-state index in [1.807, 2.05) is 0 Å². The third-order valence-electron chi connectivity index (χ3n) is 2.46. The first-order valence-electron chi connectivity index (χ1n) is 5.40. The summed E-state index contributed by atoms with van der Waals surface area (Å²) in [6.45, 7) is 0. The van der Waals surface area contributed by atoms with Crippen molar-refractivity contribution >= 4 is 31.8 Å². The fourth-order valence-corrected chi connectivity index (χ4v) is 4.49. The third-order valence-corrected chi connectivity index (χ3v) is 5.73. The van der Waals surface area contributed by atoms with Crippen LogP contribution in [0.5, 0.6) is 0 Å². The molecule has 0 spiro atoms. The molecule has 7 heteroatoms. The molecule has 106 valence electrons. The molecule has 1 aromatic rings. The first-order chi connectivity index (χ1) is 8.82. The topological polar surface area (TPSA) is 77.5 Å². The van der Waals surface area contributed by atoms with Crippen LogP contribution in [-0.2, 0) is 24.2 Å². The summed E-state index contributed by atoms with van der Waals surface area (Å²) in [4.78, 5) is 23.6. The molecule has 0 fully saturated rings. The molecule has 0 bridgehead atoms. The maximum atomic E-state index is 12.4. The zero-order valence-corrected chi connectivity index (χ0v) is 12.6. The predicted octanol–water partition coefficient (Wildman–Crippen LogP) is 0.789. The molecule has 1 atom stereocenters. The lowest BCUT2D eigenvalue weighted by Crippen LogP contribution is -2.38. The van der Waals surface area contributed by atoms with Crippen molar-refractivity contribution in [3.63, 3.8) is 0 Å². The number of esters is 1. The lowest BCUT2D eigenvalue weighted by molar-refractivity contribution is -0.141. The van der Waals surface area contributed by atoms with Crippen molar-refractivity contribution in [3.8, 4) is 0 Å². The highest BCUT2D eigenvalue weighted by atomic mass is 32.2. The van der Waals surface area contributed by atoms with Crippen LogP contribution in [0.15, 0.2) is 35.2 Å². The number of ether oxygens (including phenoxy) is 1. The van der Waals surface area contributed by atoms with Gasteiger partial charge in [-0.05, 0) is 24.6 Å². The lowest BCUT2D eigenvalue weighted by Gasteiger charge is -2.17. The first kappa shape index (κ1) is 15.7. The van der Waals surface area contributed by atoms with Crippen LogP contribution in [0.2, 0.25) is 0 Å². The van der Waals surface area contributed by atoms with Gasteiger partial charge in [0.25, 0.3) is 0 Å². The molecule has 1 aromatic carbocycles. The van der Waals surface area contributed by atoms with Gasteiger partial charge in [-0.2, -0.15) is 10.9 Å². The monoisotopic (exact) mass is 304 g/mol. The molecular weight excluding hydrogens is 288 g/mol. The second-order valence-corrected chi connectivity index (χ2v) is 8.26. The maximum absolute atomic E-state index is 12.4. The molecule has 0 aliphatic carbocycles. The summed E-state index contributed by atoms with van der Waals surface area (Å²) in [6, 6.07) is 7.43. The Morgan fingerprint density at radius 2 is 1.68 bits per heavy atom. The second kappa shape index (κ2) is 6.21. The average molecular weight is 304 g/mol. The predicted molar refractivity (Wildman–Crippen MR) is 75.3 cm³/mol. The lowest BCUT2D eigenvalue weighted by atomic mass is 10.4. The minimum absolute atomic E-state index is 0.0596. The number of carbonyl (C=O) groups is 2. The smallest absolute Gasteiger partial charge is 0.333 e. The van der Waals surface area contributed by atoms with Crippen molar-refractivity contribution in [2.75, 3.05) is 19.6 Å². The number of sulfone groups is 1. The van der Waals surface area contributed by atoms with Crippen LogP contribution in [0, 0.1) is 0 Å². The third kappa shape index (κ3) is 3.36. The number of methoxy groups -OCH3 is 1. The van der Waals surface area contributed by atoms with Gasteiger partial charge in [-0.15, -0.1) is 0 Å². The summed E-state index contributed by atoms with van der Waals surface area (Å²) in [5, 5.41) is -2.38. The molecule has 0 aliphatic heterocycles. The van der Waals surface area contributed by atoms with Crippen LogP contribution < -0.4 is 0 Å². The van der Waals surface area contributed by atoms with E-state index in [2.05, 4.69) is 4.74 Å². The van der Waals surface area contributed by atoms with Crippen molar-refractivity contribution in [3.05, 3.63) is 30.3 Å². The SMILES string of the molecule is COC(=O)C(C(=O)[SH](C)C)S(=O)(=O)c1ccccc1. The van der Waals surface area contributed by atoms with E-state index in [9.17, 15) is 18.0 Å². The van der Waals surface area contributed by atoms with Crippen LogP contribution in [-0.4, -0.2) is 44.4 Å². The molecule has 0 aromatic heterocycles. The molecule has 1 unspecified atom stereocenters. The van der Waals surface area contributed by atoms with E-state index in [1.54, 1.807) is 18.6 Å². The summed E-state index contributed by atoms with van der Waals surface area (Å²) < 4.78 is 29.2. The van der Waals surface area contributed by atoms with Gasteiger partial charge in [-0.25, -0.2) is 8.42 Å². The highest BCUT2D eigenvalue weighted by Gasteiger charge is 2.41. The van der Waals surface area contributed by atoms with E-state index >= 15 is 0 Å². The van der Waals surface area contributed by atoms with Gasteiger partial charge in [-0.3, -0.25) is 9.59 Å². The fourth-order valence-electron chi connectivity index (χ4n) is 1.45. The minimum atomic E-state index is -4.06. The van der Waals surface area contributed by atoms with Crippen LogP contribution in [0.1, 0.15) is 0 Å². The molecular formula is C12H16O5S2. The molecule has 0 aliphatic rings. The normalized spacial score (nSPS) is 13.5. The fraction of sp³-hybridized carbons (Fsp3) is 0.333. The molecule has 0 amide bonds. The standard InChI is InChI=1S/C12H16O5S2/c1-17-11(13)10(12(14)18(2)3)19(15,16)9-7-5-4-6-8-9/h4-8,10,18H,1-3H3. The van der Waals surface area contributed by atoms with Crippen LogP contribution >= 0.6 is 10.9 Å². The van der Waals surface area contributed by atoms with E-state index in [-0.39, 0.29) is 4.90 Å². The van der Waals surface area contributed by atoms with Gasteiger partial charge in [0.05, 0.1) is 12.0 Å². The van der Waals surface area contributed by atoms with Gasteiger partial charge in [0.15, 0.2) is 15.0 Å². The number of thiol groups is 1. The Morgan fingerprint density at radius 1 is 1.16 bits per heavy atom. The molecule has 0 saturated heterocycles. The zero-order valence-electron chi connectivity index (χ0n) is 10.9. The van der Waals surface area contributed by atoms with Gasteiger partial charge in [0, 0.05) is 0 Å². The minimum Gasteiger partial charge on any atom is -0.468 e. The van der Waals surface area contributed by atoms with Crippen molar-refractivity contribution < 1.29 is 22.7 Å². The molecule has 5 nitrogen and oxygen atoms in total. The van der Waals surface area contributed by atoms with E-state index in [0.717, 1.165) is 7.11 Å². The zero-order chi connectivity index (χ0) is 14.6. The summed E-state index contributed by atoms with van der Waals surface area (Å²) in [7, 11) is -4.21. The average Bonchev–Trinajstić information content (AvgIpc) is 2.39. The highest BCUT2D eigenvalue weighted by molar-refractivity contribution is 8.29. The number of rotatable bonds is 4. The number of carbonyl (C=O) groups excluding carboxylic acids is 2. The molecule has 0 radical (unpaired) electrons. The second-order valence-electron chi connectivity index (χ2n) is 3.99. The van der Waals surface area contributed by atoms with Crippen molar-refractivity contribution in [2.24, 2.45) is 0 Å². The first-order valence-corrected chi connectivity index (χ1v) is 9.18. The van der Waals surface area contributed by atoms with Gasteiger partial charge in [-0.1, -0.05) is 18.2 Å². The Labute approximate surface area is 115 Å². The maximum Gasteiger partial charge on any atom is 0.333 e. The number of hydrogen-bond acceptors (Lipinski definition) is 5. The molecule has 0 N–H and O–H groups in total. The van der Waals surface area contributed by atoms with Crippen molar-refractivity contribution in [1.82, 2.24) is 0 Å². The Hall–Kier alpha value is -1.34. The molecule has 0 heterocycles. The van der Waals surface area contributed by atoms with Gasteiger partial charge in [0.2, 0.25) is 5.25 Å². The summed E-state index contributed by atoms with van der Waals surface area (Å²) in [5.74, 6) is -1.04. The summed E-state index contributed by atoms with van der Waals surface area (Å²) in [6.07, 6.45) is 3.21. The number of hydrogen-bond donors (Lipinski definition) is 1. The van der Waals surface area contributed by atoms with Crippen molar-refractivity contribution in [2.45, 2.75) is 10.1 Å². The van der Waals surface area contributed by atoms with Gasteiger partial charge >= 0.3 is 5.97 Å².